The molecule has 0 aromatic rings. The van der Waals surface area contributed by atoms with Gasteiger partial charge in [0.2, 0.25) is 11.6 Å². The number of carbonyl (C=O) groups is 3. The Balaban J connectivity index is 3.22. The maximum absolute atomic E-state index is 12.0. The van der Waals surface area contributed by atoms with E-state index in [-0.39, 0.29) is 19.2 Å². The minimum Gasteiger partial charge on any atom is -0.297 e. The Morgan fingerprint density at radius 1 is 1.06 bits per heavy atom. The van der Waals surface area contributed by atoms with E-state index in [1.54, 1.807) is 0 Å². The predicted octanol–water partition coefficient (Wildman–Crippen LogP) is -0.526. The molecule has 0 saturated carbocycles. The van der Waals surface area contributed by atoms with E-state index in [9.17, 15) is 14.4 Å². The zero-order chi connectivity index (χ0) is 13.8. The second kappa shape index (κ2) is 6.68. The number of carbonyl (C=O) groups excluding carboxylic acids is 3. The van der Waals surface area contributed by atoms with Gasteiger partial charge < -0.3 is 0 Å². The van der Waals surface area contributed by atoms with Gasteiger partial charge in [-0.3, -0.25) is 29.9 Å². The summed E-state index contributed by atoms with van der Waals surface area (Å²) >= 11 is 16.5. The van der Waals surface area contributed by atoms with Crippen molar-refractivity contribution >= 4 is 52.3 Å². The molecule has 0 atom stereocenters. The standard InChI is InChI=1S/C9H12Cl3N3O3/c10-1-6(16)9(7(17)2-11)14-4-13-5-15(9)8(18)3-12/h13-14H,1-5H2. The number of amides is 1. The Morgan fingerprint density at radius 3 is 2.06 bits per heavy atom. The fourth-order valence-electron chi connectivity index (χ4n) is 1.77. The molecule has 0 aromatic heterocycles. The lowest BCUT2D eigenvalue weighted by molar-refractivity contribution is -0.157. The second-order valence-electron chi connectivity index (χ2n) is 3.54. The lowest BCUT2D eigenvalue weighted by atomic mass is 9.97. The highest BCUT2D eigenvalue weighted by molar-refractivity contribution is 6.37. The van der Waals surface area contributed by atoms with Gasteiger partial charge >= 0.3 is 0 Å². The summed E-state index contributed by atoms with van der Waals surface area (Å²) in [6, 6.07) is 0. The third-order valence-corrected chi connectivity index (χ3v) is 3.32. The van der Waals surface area contributed by atoms with Crippen LogP contribution >= 0.6 is 34.8 Å². The van der Waals surface area contributed by atoms with Crippen molar-refractivity contribution in [1.29, 1.82) is 0 Å². The highest BCUT2D eigenvalue weighted by Crippen LogP contribution is 2.19. The van der Waals surface area contributed by atoms with Crippen molar-refractivity contribution < 1.29 is 14.4 Å². The molecule has 1 saturated heterocycles. The number of nitrogens with one attached hydrogen (secondary N) is 2. The molecule has 6 nitrogen and oxygen atoms in total. The van der Waals surface area contributed by atoms with Gasteiger partial charge in [0.25, 0.3) is 0 Å². The average Bonchev–Trinajstić information content (AvgIpc) is 2.44. The van der Waals surface area contributed by atoms with Crippen LogP contribution in [0.4, 0.5) is 0 Å². The van der Waals surface area contributed by atoms with Crippen LogP contribution in [0, 0.1) is 0 Å². The molecular weight excluding hydrogens is 304 g/mol. The number of Topliss-reactive ketones (excluding diaryl/α,β-unsaturated/α-hetero) is 2. The van der Waals surface area contributed by atoms with Gasteiger partial charge in [-0.15, -0.1) is 34.8 Å². The van der Waals surface area contributed by atoms with E-state index in [4.69, 9.17) is 34.8 Å². The number of nitrogens with zero attached hydrogens (tertiary/aromatic N) is 1. The maximum atomic E-state index is 12.0. The van der Waals surface area contributed by atoms with Crippen molar-refractivity contribution in [3.05, 3.63) is 0 Å². The first-order valence-electron chi connectivity index (χ1n) is 5.05. The first kappa shape index (κ1) is 15.7. The smallest absolute Gasteiger partial charge is 0.240 e. The highest BCUT2D eigenvalue weighted by atomic mass is 35.5. The van der Waals surface area contributed by atoms with Gasteiger partial charge in [-0.05, 0) is 0 Å². The van der Waals surface area contributed by atoms with Gasteiger partial charge in [0.15, 0.2) is 11.6 Å². The van der Waals surface area contributed by atoms with Crippen molar-refractivity contribution in [2.45, 2.75) is 5.66 Å². The van der Waals surface area contributed by atoms with E-state index in [0.29, 0.717) is 0 Å². The molecule has 0 aliphatic carbocycles. The van der Waals surface area contributed by atoms with Crippen LogP contribution in [0.25, 0.3) is 0 Å². The van der Waals surface area contributed by atoms with Crippen molar-refractivity contribution in [2.24, 2.45) is 0 Å². The molecule has 1 aliphatic heterocycles. The van der Waals surface area contributed by atoms with E-state index in [1.165, 1.54) is 0 Å². The van der Waals surface area contributed by atoms with Gasteiger partial charge in [-0.25, -0.2) is 0 Å². The SMILES string of the molecule is O=C(CCl)N1CNCNC1(C(=O)CCl)C(=O)CCl. The van der Waals surface area contributed by atoms with Gasteiger partial charge in [-0.1, -0.05) is 0 Å². The Bertz CT molecular complexity index is 348. The Kier molecular flexibility index (Phi) is 5.81. The molecule has 2 N–H and O–H groups in total. The average molecular weight is 317 g/mol. The van der Waals surface area contributed by atoms with Crippen LogP contribution in [0.3, 0.4) is 0 Å². The monoisotopic (exact) mass is 315 g/mol. The van der Waals surface area contributed by atoms with Crippen molar-refractivity contribution in [2.75, 3.05) is 31.0 Å². The molecule has 0 radical (unpaired) electrons. The minimum absolute atomic E-state index is 0.0177. The largest absolute Gasteiger partial charge is 0.297 e. The molecule has 0 bridgehead atoms. The molecule has 0 unspecified atom stereocenters. The quantitative estimate of drug-likeness (QED) is 0.527. The van der Waals surface area contributed by atoms with Gasteiger partial charge in [0, 0.05) is 6.67 Å². The van der Waals surface area contributed by atoms with Crippen molar-refractivity contribution in [3.8, 4) is 0 Å². The predicted molar refractivity (Wildman–Crippen MR) is 67.8 cm³/mol. The summed E-state index contributed by atoms with van der Waals surface area (Å²) in [5, 5.41) is 5.47. The van der Waals surface area contributed by atoms with Crippen LogP contribution in [0.5, 0.6) is 0 Å². The zero-order valence-corrected chi connectivity index (χ0v) is 11.6. The van der Waals surface area contributed by atoms with Crippen molar-refractivity contribution in [3.63, 3.8) is 0 Å². The molecule has 9 heteroatoms. The van der Waals surface area contributed by atoms with Crippen LogP contribution in [0.2, 0.25) is 0 Å². The highest BCUT2D eigenvalue weighted by Gasteiger charge is 2.52. The maximum Gasteiger partial charge on any atom is 0.240 e. The molecular formula is C9H12Cl3N3O3. The summed E-state index contributed by atoms with van der Waals surface area (Å²) < 4.78 is 0. The number of alkyl halides is 3. The van der Waals surface area contributed by atoms with Crippen LogP contribution in [0.1, 0.15) is 0 Å². The Morgan fingerprint density at radius 2 is 1.61 bits per heavy atom. The fourth-order valence-corrected chi connectivity index (χ4v) is 2.30. The lowest BCUT2D eigenvalue weighted by Crippen LogP contribution is -2.76. The van der Waals surface area contributed by atoms with Gasteiger partial charge in [0.1, 0.15) is 5.88 Å². The molecule has 1 aliphatic rings. The molecule has 1 fully saturated rings. The molecule has 18 heavy (non-hydrogen) atoms. The topological polar surface area (TPSA) is 78.5 Å². The Hall–Kier alpha value is -0.400. The third-order valence-electron chi connectivity index (χ3n) is 2.61. The normalized spacial score (nSPS) is 18.5. The van der Waals surface area contributed by atoms with E-state index in [2.05, 4.69) is 10.6 Å². The van der Waals surface area contributed by atoms with Crippen LogP contribution < -0.4 is 10.6 Å². The number of ketones is 2. The summed E-state index contributed by atoms with van der Waals surface area (Å²) in [5.74, 6) is -3.00. The van der Waals surface area contributed by atoms with E-state index in [0.717, 1.165) is 4.90 Å². The number of rotatable bonds is 5. The molecule has 1 amide bonds. The summed E-state index contributed by atoms with van der Waals surface area (Å²) in [7, 11) is 0. The van der Waals surface area contributed by atoms with E-state index >= 15 is 0 Å². The summed E-state index contributed by atoms with van der Waals surface area (Å²) in [6.45, 7) is 0.196. The fraction of sp³-hybridized carbons (Fsp3) is 0.667. The molecule has 0 spiro atoms. The summed E-state index contributed by atoms with van der Waals surface area (Å²) in [6.07, 6.45) is 0. The molecule has 1 rings (SSSR count). The van der Waals surface area contributed by atoms with Crippen molar-refractivity contribution in [1.82, 2.24) is 15.5 Å². The molecule has 0 aromatic carbocycles. The van der Waals surface area contributed by atoms with Gasteiger partial charge in [0.05, 0.1) is 18.4 Å². The first-order chi connectivity index (χ1) is 8.54. The minimum atomic E-state index is -1.82. The number of hydrogen-bond acceptors (Lipinski definition) is 5. The first-order valence-corrected chi connectivity index (χ1v) is 6.65. The Labute approximate surface area is 119 Å². The molecule has 102 valence electrons. The number of halogens is 3. The summed E-state index contributed by atoms with van der Waals surface area (Å²) in [5.41, 5.74) is -1.82. The third kappa shape index (κ3) is 2.62. The number of hydrogen-bond donors (Lipinski definition) is 2. The second-order valence-corrected chi connectivity index (χ2v) is 4.34. The summed E-state index contributed by atoms with van der Waals surface area (Å²) in [4.78, 5) is 36.7. The molecule has 1 heterocycles. The van der Waals surface area contributed by atoms with E-state index in [1.807, 2.05) is 0 Å². The lowest BCUT2D eigenvalue weighted by Gasteiger charge is -2.44. The van der Waals surface area contributed by atoms with Crippen LogP contribution in [-0.2, 0) is 14.4 Å². The van der Waals surface area contributed by atoms with Gasteiger partial charge in [-0.2, -0.15) is 0 Å². The zero-order valence-electron chi connectivity index (χ0n) is 9.34. The van der Waals surface area contributed by atoms with Crippen LogP contribution in [0.15, 0.2) is 0 Å². The van der Waals surface area contributed by atoms with Crippen LogP contribution in [-0.4, -0.2) is 59.0 Å². The van der Waals surface area contributed by atoms with E-state index < -0.39 is 34.9 Å².